The monoisotopic (exact) mass is 255 g/mol. The molecule has 6 nitrogen and oxygen atoms in total. The smallest absolute Gasteiger partial charge is 0.326 e. The summed E-state index contributed by atoms with van der Waals surface area (Å²) in [5.41, 5.74) is 0. The second-order valence-corrected chi connectivity index (χ2v) is 4.05. The van der Waals surface area contributed by atoms with Gasteiger partial charge >= 0.3 is 6.03 Å². The minimum absolute atomic E-state index is 0.195. The van der Waals surface area contributed by atoms with Crippen LogP contribution in [0, 0.1) is 0 Å². The second kappa shape index (κ2) is 7.86. The number of hydrogen-bond donors (Lipinski definition) is 3. The molecule has 0 radical (unpaired) electrons. The van der Waals surface area contributed by atoms with Crippen molar-refractivity contribution >= 4 is 18.8 Å². The molecule has 1 aromatic heterocycles. The third-order valence-corrected chi connectivity index (χ3v) is 2.18. The van der Waals surface area contributed by atoms with Crippen LogP contribution >= 0.6 is 12.8 Å². The van der Waals surface area contributed by atoms with E-state index in [1.165, 1.54) is 4.31 Å². The molecule has 0 spiro atoms. The molecule has 1 aromatic rings. The van der Waals surface area contributed by atoms with E-state index in [1.54, 1.807) is 25.5 Å². The van der Waals surface area contributed by atoms with E-state index < -0.39 is 0 Å². The number of carbonyl (C=O) groups is 1. The highest BCUT2D eigenvalue weighted by Crippen LogP contribution is 1.88. The van der Waals surface area contributed by atoms with E-state index in [-0.39, 0.29) is 6.03 Å². The molecule has 2 amide bonds. The van der Waals surface area contributed by atoms with Crippen molar-refractivity contribution in [2.24, 2.45) is 0 Å². The summed E-state index contributed by atoms with van der Waals surface area (Å²) in [5.74, 6) is 0.770. The van der Waals surface area contributed by atoms with Crippen LogP contribution in [0.25, 0.3) is 0 Å². The van der Waals surface area contributed by atoms with Crippen LogP contribution in [-0.2, 0) is 6.54 Å². The first-order valence-electron chi connectivity index (χ1n) is 5.37. The van der Waals surface area contributed by atoms with Crippen LogP contribution in [-0.4, -0.2) is 40.4 Å². The summed E-state index contributed by atoms with van der Waals surface area (Å²) in [6.45, 7) is 2.06. The Kier molecular flexibility index (Phi) is 6.34. The molecule has 0 aliphatic heterocycles. The van der Waals surface area contributed by atoms with Gasteiger partial charge in [-0.2, -0.15) is 0 Å². The van der Waals surface area contributed by atoms with Gasteiger partial charge < -0.3 is 10.6 Å². The molecular formula is C10H17N5OS. The maximum absolute atomic E-state index is 11.1. The van der Waals surface area contributed by atoms with E-state index in [4.69, 9.17) is 0 Å². The predicted molar refractivity (Wildman–Crippen MR) is 68.5 cm³/mol. The van der Waals surface area contributed by atoms with Crippen LogP contribution < -0.4 is 10.6 Å². The van der Waals surface area contributed by atoms with Crippen molar-refractivity contribution in [3.8, 4) is 0 Å². The Balaban J connectivity index is 2.00. The normalized spacial score (nSPS) is 10.0. The van der Waals surface area contributed by atoms with Gasteiger partial charge in [-0.1, -0.05) is 12.8 Å². The van der Waals surface area contributed by atoms with Crippen molar-refractivity contribution in [3.63, 3.8) is 0 Å². The molecule has 0 aliphatic rings. The Bertz CT molecular complexity index is 333. The molecule has 0 saturated heterocycles. The van der Waals surface area contributed by atoms with Crippen LogP contribution in [0.5, 0.6) is 0 Å². The number of carbonyl (C=O) groups excluding carboxylic acids is 1. The van der Waals surface area contributed by atoms with Gasteiger partial charge in [0.25, 0.3) is 0 Å². The van der Waals surface area contributed by atoms with Gasteiger partial charge in [-0.15, -0.1) is 0 Å². The Morgan fingerprint density at radius 1 is 1.41 bits per heavy atom. The van der Waals surface area contributed by atoms with E-state index in [2.05, 4.69) is 33.4 Å². The molecule has 1 rings (SSSR count). The van der Waals surface area contributed by atoms with Gasteiger partial charge in [0.15, 0.2) is 0 Å². The number of rotatable bonds is 6. The first kappa shape index (κ1) is 13.7. The average Bonchev–Trinajstić information content (AvgIpc) is 2.34. The van der Waals surface area contributed by atoms with Gasteiger partial charge in [0.1, 0.15) is 5.82 Å². The Morgan fingerprint density at radius 2 is 2.12 bits per heavy atom. The summed E-state index contributed by atoms with van der Waals surface area (Å²) < 4.78 is 1.21. The van der Waals surface area contributed by atoms with Gasteiger partial charge in [0, 0.05) is 26.0 Å². The number of hydrogen-bond acceptors (Lipinski definition) is 5. The molecule has 0 atom stereocenters. The fraction of sp³-hybridized carbons (Fsp3) is 0.500. The highest BCUT2D eigenvalue weighted by Gasteiger charge is 2.01. The molecule has 2 N–H and O–H groups in total. The van der Waals surface area contributed by atoms with E-state index in [0.717, 1.165) is 18.8 Å². The molecule has 0 aromatic carbocycles. The highest BCUT2D eigenvalue weighted by atomic mass is 32.1. The minimum atomic E-state index is -0.195. The molecule has 0 fully saturated rings. The molecule has 94 valence electrons. The quantitative estimate of drug-likeness (QED) is 0.510. The third kappa shape index (κ3) is 6.08. The van der Waals surface area contributed by atoms with Crippen LogP contribution in [0.2, 0.25) is 0 Å². The number of thiol groups is 1. The lowest BCUT2D eigenvalue weighted by molar-refractivity contribution is 0.231. The lowest BCUT2D eigenvalue weighted by Gasteiger charge is -2.10. The zero-order valence-electron chi connectivity index (χ0n) is 9.76. The molecule has 1 heterocycles. The number of nitrogens with one attached hydrogen (secondary N) is 2. The molecular weight excluding hydrogens is 238 g/mol. The van der Waals surface area contributed by atoms with E-state index in [9.17, 15) is 4.79 Å². The van der Waals surface area contributed by atoms with Gasteiger partial charge in [-0.25, -0.2) is 14.8 Å². The van der Waals surface area contributed by atoms with Crippen molar-refractivity contribution in [1.29, 1.82) is 0 Å². The molecule has 0 aliphatic carbocycles. The van der Waals surface area contributed by atoms with Gasteiger partial charge in [0.05, 0.1) is 6.54 Å². The van der Waals surface area contributed by atoms with E-state index in [0.29, 0.717) is 13.1 Å². The first-order valence-corrected chi connectivity index (χ1v) is 5.77. The maximum atomic E-state index is 11.1. The van der Waals surface area contributed by atoms with Crippen molar-refractivity contribution in [2.45, 2.75) is 13.0 Å². The number of urea groups is 1. The van der Waals surface area contributed by atoms with Crippen molar-refractivity contribution < 1.29 is 4.79 Å². The lowest BCUT2D eigenvalue weighted by Crippen LogP contribution is -2.33. The van der Waals surface area contributed by atoms with Crippen LogP contribution in [0.4, 0.5) is 4.79 Å². The van der Waals surface area contributed by atoms with Gasteiger partial charge in [-0.05, 0) is 19.0 Å². The summed E-state index contributed by atoms with van der Waals surface area (Å²) in [5, 5.41) is 5.92. The molecule has 0 bridgehead atoms. The number of nitrogens with zero attached hydrogens (tertiary/aromatic N) is 3. The molecule has 0 unspecified atom stereocenters. The summed E-state index contributed by atoms with van der Waals surface area (Å²) in [6.07, 6.45) is 4.28. The summed E-state index contributed by atoms with van der Waals surface area (Å²) >= 11 is 3.87. The Morgan fingerprint density at radius 3 is 2.76 bits per heavy atom. The third-order valence-electron chi connectivity index (χ3n) is 2.00. The fourth-order valence-electron chi connectivity index (χ4n) is 1.14. The summed E-state index contributed by atoms with van der Waals surface area (Å²) in [4.78, 5) is 19.3. The first-order chi connectivity index (χ1) is 8.20. The fourth-order valence-corrected chi connectivity index (χ4v) is 1.22. The largest absolute Gasteiger partial charge is 0.337 e. The zero-order chi connectivity index (χ0) is 12.5. The van der Waals surface area contributed by atoms with E-state index in [1.807, 2.05) is 0 Å². The molecule has 0 saturated carbocycles. The van der Waals surface area contributed by atoms with Crippen molar-refractivity contribution in [1.82, 2.24) is 24.9 Å². The summed E-state index contributed by atoms with van der Waals surface area (Å²) in [6, 6.07) is 1.59. The van der Waals surface area contributed by atoms with E-state index >= 15 is 0 Å². The lowest BCUT2D eigenvalue weighted by atomic mass is 10.4. The number of aromatic nitrogens is 2. The van der Waals surface area contributed by atoms with Crippen LogP contribution in [0.3, 0.4) is 0 Å². The second-order valence-electron chi connectivity index (χ2n) is 3.45. The summed E-state index contributed by atoms with van der Waals surface area (Å²) in [7, 11) is 1.59. The highest BCUT2D eigenvalue weighted by molar-refractivity contribution is 7.78. The predicted octanol–water partition coefficient (Wildman–Crippen LogP) is 0.442. The SMILES string of the molecule is CN(S)C(=O)NCCCNCc1ncccn1. The standard InChI is InChI=1S/C10H17N5OS/c1-15(17)10(16)14-7-2-4-11-8-9-12-5-3-6-13-9/h3,5-6,11,17H,2,4,7-8H2,1H3,(H,14,16). The van der Waals surface area contributed by atoms with Crippen LogP contribution in [0.15, 0.2) is 18.5 Å². The molecule has 7 heteroatoms. The number of amides is 2. The van der Waals surface area contributed by atoms with Gasteiger partial charge in [0.2, 0.25) is 0 Å². The average molecular weight is 255 g/mol. The van der Waals surface area contributed by atoms with Crippen molar-refractivity contribution in [3.05, 3.63) is 24.3 Å². The zero-order valence-corrected chi connectivity index (χ0v) is 10.7. The minimum Gasteiger partial charge on any atom is -0.337 e. The van der Waals surface area contributed by atoms with Crippen LogP contribution in [0.1, 0.15) is 12.2 Å². The maximum Gasteiger partial charge on any atom is 0.326 e. The molecule has 17 heavy (non-hydrogen) atoms. The topological polar surface area (TPSA) is 70.2 Å². The van der Waals surface area contributed by atoms with Gasteiger partial charge in [-0.3, -0.25) is 4.31 Å². The Labute approximate surface area is 106 Å². The van der Waals surface area contributed by atoms with Crippen molar-refractivity contribution in [2.75, 3.05) is 20.1 Å². The Hall–Kier alpha value is -1.34.